The maximum Gasteiger partial charge on any atom is 0.303 e. The van der Waals surface area contributed by atoms with E-state index < -0.39 is 5.97 Å². The number of carboxylic acids is 1. The molecular formula is C30H36N4O3. The molecule has 2 N–H and O–H groups in total. The van der Waals surface area contributed by atoms with Gasteiger partial charge in [-0.15, -0.1) is 0 Å². The van der Waals surface area contributed by atoms with Crippen LogP contribution >= 0.6 is 0 Å². The highest BCUT2D eigenvalue weighted by molar-refractivity contribution is 5.79. The summed E-state index contributed by atoms with van der Waals surface area (Å²) in [5.74, 6) is 0.788. The highest BCUT2D eigenvalue weighted by atomic mass is 16.4. The molecule has 7 heteroatoms. The molecule has 1 aromatic carbocycles. The van der Waals surface area contributed by atoms with Crippen LogP contribution in [-0.2, 0) is 22.4 Å². The second-order valence-electron chi connectivity index (χ2n) is 10.5. The van der Waals surface area contributed by atoms with Gasteiger partial charge in [0.1, 0.15) is 5.82 Å². The van der Waals surface area contributed by atoms with Crippen molar-refractivity contribution in [2.45, 2.75) is 63.7 Å². The quantitative estimate of drug-likeness (QED) is 0.419. The number of benzene rings is 1. The SMILES string of the molecule is O=C(O)CC(CC1CCN(C(=O)CCCc2ccc3c(n2)NCCC3)CC1)c1cnc2ccccc2c1. The number of fused-ring (bicyclic) bond motifs is 2. The fraction of sp³-hybridized carbons (Fsp3) is 0.467. The smallest absolute Gasteiger partial charge is 0.303 e. The zero-order valence-electron chi connectivity index (χ0n) is 21.4. The number of rotatable bonds is 9. The van der Waals surface area contributed by atoms with Crippen molar-refractivity contribution in [2.75, 3.05) is 25.0 Å². The lowest BCUT2D eigenvalue weighted by molar-refractivity contribution is -0.137. The van der Waals surface area contributed by atoms with E-state index in [9.17, 15) is 14.7 Å². The Hall–Kier alpha value is -3.48. The number of aromatic nitrogens is 2. The maximum absolute atomic E-state index is 12.8. The maximum atomic E-state index is 12.8. The fourth-order valence-corrected chi connectivity index (χ4v) is 5.77. The number of aryl methyl sites for hydroxylation is 2. The van der Waals surface area contributed by atoms with Crippen LogP contribution in [0.15, 0.2) is 48.7 Å². The van der Waals surface area contributed by atoms with Crippen LogP contribution in [0.5, 0.6) is 0 Å². The molecule has 2 aliphatic heterocycles. The van der Waals surface area contributed by atoms with Crippen LogP contribution in [-0.4, -0.2) is 51.5 Å². The molecule has 1 amide bonds. The highest BCUT2D eigenvalue weighted by Crippen LogP contribution is 2.33. The predicted octanol–water partition coefficient (Wildman–Crippen LogP) is 5.20. The van der Waals surface area contributed by atoms with Crippen molar-refractivity contribution in [3.63, 3.8) is 0 Å². The van der Waals surface area contributed by atoms with Crippen molar-refractivity contribution in [1.29, 1.82) is 0 Å². The first-order valence-electron chi connectivity index (χ1n) is 13.6. The molecule has 0 bridgehead atoms. The molecule has 1 atom stereocenters. The van der Waals surface area contributed by atoms with Crippen LogP contribution in [0.3, 0.4) is 0 Å². The minimum atomic E-state index is -0.782. The van der Waals surface area contributed by atoms with Crippen LogP contribution in [0, 0.1) is 5.92 Å². The molecule has 0 spiro atoms. The lowest BCUT2D eigenvalue weighted by atomic mass is 9.82. The topological polar surface area (TPSA) is 95.4 Å². The molecular weight excluding hydrogens is 464 g/mol. The molecule has 37 heavy (non-hydrogen) atoms. The fourth-order valence-electron chi connectivity index (χ4n) is 5.77. The largest absolute Gasteiger partial charge is 0.481 e. The first-order valence-corrected chi connectivity index (χ1v) is 13.6. The summed E-state index contributed by atoms with van der Waals surface area (Å²) in [6.07, 6.45) is 8.98. The van der Waals surface area contributed by atoms with E-state index in [1.165, 1.54) is 5.56 Å². The Morgan fingerprint density at radius 3 is 2.81 bits per heavy atom. The number of carbonyl (C=O) groups excluding carboxylic acids is 1. The number of likely N-dealkylation sites (tertiary alicyclic amines) is 1. The molecule has 0 radical (unpaired) electrons. The van der Waals surface area contributed by atoms with Gasteiger partial charge in [-0.1, -0.05) is 24.3 Å². The number of carbonyl (C=O) groups is 2. The van der Waals surface area contributed by atoms with Crippen molar-refractivity contribution >= 4 is 28.6 Å². The number of para-hydroxylation sites is 1. The molecule has 7 nitrogen and oxygen atoms in total. The summed E-state index contributed by atoms with van der Waals surface area (Å²) < 4.78 is 0. The van der Waals surface area contributed by atoms with Crippen molar-refractivity contribution in [3.05, 3.63) is 65.5 Å². The first-order chi connectivity index (χ1) is 18.0. The van der Waals surface area contributed by atoms with Crippen LogP contribution in [0.4, 0.5) is 5.82 Å². The minimum absolute atomic E-state index is 0.0690. The zero-order valence-corrected chi connectivity index (χ0v) is 21.4. The van der Waals surface area contributed by atoms with Gasteiger partial charge in [-0.05, 0) is 86.1 Å². The molecule has 194 valence electrons. The summed E-state index contributed by atoms with van der Waals surface area (Å²) in [6.45, 7) is 2.48. The van der Waals surface area contributed by atoms with Crippen LogP contribution in [0.1, 0.15) is 67.7 Å². The summed E-state index contributed by atoms with van der Waals surface area (Å²) in [5.41, 5.74) is 4.25. The lowest BCUT2D eigenvalue weighted by Crippen LogP contribution is -2.38. The van der Waals surface area contributed by atoms with Crippen molar-refractivity contribution in [1.82, 2.24) is 14.9 Å². The Balaban J connectivity index is 1.11. The third-order valence-corrected chi connectivity index (χ3v) is 7.86. The summed E-state index contributed by atoms with van der Waals surface area (Å²) >= 11 is 0. The van der Waals surface area contributed by atoms with E-state index in [0.717, 1.165) is 92.6 Å². The summed E-state index contributed by atoms with van der Waals surface area (Å²) in [7, 11) is 0. The molecule has 1 unspecified atom stereocenters. The molecule has 1 saturated heterocycles. The molecule has 2 aromatic heterocycles. The molecule has 3 aromatic rings. The molecule has 0 saturated carbocycles. The third-order valence-electron chi connectivity index (χ3n) is 7.86. The van der Waals surface area contributed by atoms with E-state index in [2.05, 4.69) is 28.5 Å². The average Bonchev–Trinajstić information content (AvgIpc) is 2.92. The third kappa shape index (κ3) is 6.45. The van der Waals surface area contributed by atoms with Gasteiger partial charge in [0.25, 0.3) is 0 Å². The van der Waals surface area contributed by atoms with Crippen molar-refractivity contribution in [2.24, 2.45) is 5.92 Å². The summed E-state index contributed by atoms with van der Waals surface area (Å²) in [5, 5.41) is 14.0. The summed E-state index contributed by atoms with van der Waals surface area (Å²) in [6, 6.07) is 14.3. The Morgan fingerprint density at radius 2 is 1.97 bits per heavy atom. The van der Waals surface area contributed by atoms with Crippen LogP contribution in [0.2, 0.25) is 0 Å². The van der Waals surface area contributed by atoms with E-state index in [4.69, 9.17) is 4.98 Å². The number of aliphatic carboxylic acids is 1. The monoisotopic (exact) mass is 500 g/mol. The second-order valence-corrected chi connectivity index (χ2v) is 10.5. The van der Waals surface area contributed by atoms with E-state index in [1.54, 1.807) is 0 Å². The van der Waals surface area contributed by atoms with Crippen LogP contribution < -0.4 is 5.32 Å². The number of carboxylic acid groups (broad SMARTS) is 1. The van der Waals surface area contributed by atoms with Gasteiger partial charge in [0, 0.05) is 43.3 Å². The Bertz CT molecular complexity index is 1250. The van der Waals surface area contributed by atoms with Crippen LogP contribution in [0.25, 0.3) is 10.9 Å². The van der Waals surface area contributed by atoms with E-state index in [-0.39, 0.29) is 18.2 Å². The van der Waals surface area contributed by atoms with Gasteiger partial charge in [-0.25, -0.2) is 4.98 Å². The lowest BCUT2D eigenvalue weighted by Gasteiger charge is -2.33. The molecule has 5 rings (SSSR count). The Kier molecular flexibility index (Phi) is 7.97. The van der Waals surface area contributed by atoms with Gasteiger partial charge in [0.15, 0.2) is 0 Å². The molecule has 0 aliphatic carbocycles. The van der Waals surface area contributed by atoms with Crippen molar-refractivity contribution in [3.8, 4) is 0 Å². The number of nitrogens with one attached hydrogen (secondary N) is 1. The Labute approximate surface area is 218 Å². The first kappa shape index (κ1) is 25.2. The van der Waals surface area contributed by atoms with Gasteiger partial charge in [-0.3, -0.25) is 14.6 Å². The number of hydrogen-bond acceptors (Lipinski definition) is 5. The van der Waals surface area contributed by atoms with E-state index in [0.29, 0.717) is 12.3 Å². The normalized spacial score (nSPS) is 16.7. The van der Waals surface area contributed by atoms with Gasteiger partial charge < -0.3 is 15.3 Å². The average molecular weight is 501 g/mol. The van der Waals surface area contributed by atoms with Gasteiger partial charge in [0.05, 0.1) is 11.9 Å². The number of pyridine rings is 2. The number of nitrogens with zero attached hydrogens (tertiary/aromatic N) is 3. The van der Waals surface area contributed by atoms with Gasteiger partial charge in [-0.2, -0.15) is 0 Å². The second kappa shape index (κ2) is 11.7. The predicted molar refractivity (Wildman–Crippen MR) is 145 cm³/mol. The molecule has 2 aliphatic rings. The summed E-state index contributed by atoms with van der Waals surface area (Å²) in [4.78, 5) is 35.8. The van der Waals surface area contributed by atoms with E-state index in [1.807, 2.05) is 35.4 Å². The number of anilines is 1. The van der Waals surface area contributed by atoms with Gasteiger partial charge >= 0.3 is 5.97 Å². The van der Waals surface area contributed by atoms with Gasteiger partial charge in [0.2, 0.25) is 5.91 Å². The molecule has 1 fully saturated rings. The standard InChI is InChI=1S/C30H36N4O3/c35-28(9-3-7-26-11-10-22-6-4-14-31-30(22)33-26)34-15-12-21(13-16-34)17-24(19-29(36)37)25-18-23-5-1-2-8-27(23)32-20-25/h1-2,5,8,10-11,18,20-21,24H,3-4,6-7,9,12-17,19H2,(H,31,33)(H,36,37). The highest BCUT2D eigenvalue weighted by Gasteiger charge is 2.27. The zero-order chi connectivity index (χ0) is 25.6. The minimum Gasteiger partial charge on any atom is -0.481 e. The number of amides is 1. The number of piperidine rings is 1. The molecule has 4 heterocycles. The van der Waals surface area contributed by atoms with E-state index >= 15 is 0 Å². The Morgan fingerprint density at radius 1 is 1.14 bits per heavy atom. The number of hydrogen-bond donors (Lipinski definition) is 2. The van der Waals surface area contributed by atoms with Crippen molar-refractivity contribution < 1.29 is 14.7 Å².